The van der Waals surface area contributed by atoms with Crippen molar-refractivity contribution in [3.05, 3.63) is 17.7 Å². The van der Waals surface area contributed by atoms with Crippen molar-refractivity contribution in [1.29, 1.82) is 0 Å². The molecule has 1 aromatic rings. The smallest absolute Gasteiger partial charge is 0.228 e. The van der Waals surface area contributed by atoms with Gasteiger partial charge in [-0.2, -0.15) is 0 Å². The Morgan fingerprint density at radius 1 is 1.45 bits per heavy atom. The molecule has 2 aliphatic heterocycles. The summed E-state index contributed by atoms with van der Waals surface area (Å²) in [6, 6.07) is 4.32. The first kappa shape index (κ1) is 13.2. The fourth-order valence-electron chi connectivity index (χ4n) is 3.19. The summed E-state index contributed by atoms with van der Waals surface area (Å²) in [5, 5.41) is 6.44. The molecule has 5 heteroatoms. The number of amides is 1. The fraction of sp³-hybridized carbons (Fsp3) is 0.533. The van der Waals surface area contributed by atoms with Crippen LogP contribution in [0.5, 0.6) is 0 Å². The highest BCUT2D eigenvalue weighted by Gasteiger charge is 2.25. The van der Waals surface area contributed by atoms with Gasteiger partial charge in [0.15, 0.2) is 0 Å². The van der Waals surface area contributed by atoms with Gasteiger partial charge in [-0.15, -0.1) is 0 Å². The standard InChI is InChI=1S/C15H22N4O/c1-9-8-19(2)4-3-12(9)17-14-7-13-10(5-11(14)16)6-15(20)18-13/h5,7,9,12,17H,3-4,6,8,16H2,1-2H3,(H,18,20). The molecule has 2 atom stereocenters. The van der Waals surface area contributed by atoms with Gasteiger partial charge in [0.05, 0.1) is 17.8 Å². The van der Waals surface area contributed by atoms with E-state index in [1.54, 1.807) is 0 Å². The van der Waals surface area contributed by atoms with Crippen LogP contribution in [0.4, 0.5) is 17.1 Å². The maximum Gasteiger partial charge on any atom is 0.228 e. The minimum atomic E-state index is 0.0456. The number of nitrogens with two attached hydrogens (primary N) is 1. The average Bonchev–Trinajstić information content (AvgIpc) is 2.72. The Hall–Kier alpha value is -1.75. The molecule has 108 valence electrons. The normalized spacial score (nSPS) is 26.2. The largest absolute Gasteiger partial charge is 0.397 e. The summed E-state index contributed by atoms with van der Waals surface area (Å²) in [5.74, 6) is 0.625. The molecule has 2 heterocycles. The third-order valence-corrected chi connectivity index (χ3v) is 4.35. The number of nitrogens with one attached hydrogen (secondary N) is 2. The number of nitrogens with zero attached hydrogens (tertiary/aromatic N) is 1. The molecule has 1 aromatic carbocycles. The first-order valence-corrected chi connectivity index (χ1v) is 7.20. The summed E-state index contributed by atoms with van der Waals surface area (Å²) < 4.78 is 0. The maximum absolute atomic E-state index is 11.4. The molecular formula is C15H22N4O. The van der Waals surface area contributed by atoms with E-state index in [4.69, 9.17) is 5.73 Å². The molecule has 4 N–H and O–H groups in total. The second kappa shape index (κ2) is 4.98. The molecule has 20 heavy (non-hydrogen) atoms. The van der Waals surface area contributed by atoms with E-state index in [0.717, 1.165) is 42.1 Å². The van der Waals surface area contributed by atoms with Crippen molar-refractivity contribution in [3.8, 4) is 0 Å². The summed E-state index contributed by atoms with van der Waals surface area (Å²) >= 11 is 0. The minimum absolute atomic E-state index is 0.0456. The van der Waals surface area contributed by atoms with Gasteiger partial charge in [-0.3, -0.25) is 4.79 Å². The van der Waals surface area contributed by atoms with Gasteiger partial charge in [0, 0.05) is 18.3 Å². The van der Waals surface area contributed by atoms with Gasteiger partial charge < -0.3 is 21.3 Å². The molecule has 5 nitrogen and oxygen atoms in total. The molecule has 1 amide bonds. The van der Waals surface area contributed by atoms with Crippen LogP contribution in [-0.2, 0) is 11.2 Å². The third-order valence-electron chi connectivity index (χ3n) is 4.35. The number of likely N-dealkylation sites (tertiary alicyclic amines) is 1. The molecule has 3 rings (SSSR count). The van der Waals surface area contributed by atoms with Crippen LogP contribution in [-0.4, -0.2) is 37.0 Å². The topological polar surface area (TPSA) is 70.4 Å². The van der Waals surface area contributed by atoms with Gasteiger partial charge >= 0.3 is 0 Å². The highest BCUT2D eigenvalue weighted by Crippen LogP contribution is 2.33. The molecule has 0 aliphatic carbocycles. The third kappa shape index (κ3) is 2.45. The molecule has 0 radical (unpaired) electrons. The number of carbonyl (C=O) groups excluding carboxylic acids is 1. The molecule has 2 aliphatic rings. The van der Waals surface area contributed by atoms with Crippen molar-refractivity contribution in [2.24, 2.45) is 5.92 Å². The molecule has 0 aromatic heterocycles. The molecule has 1 fully saturated rings. The van der Waals surface area contributed by atoms with Gasteiger partial charge in [-0.05, 0) is 43.6 Å². The fourth-order valence-corrected chi connectivity index (χ4v) is 3.19. The van der Waals surface area contributed by atoms with Crippen molar-refractivity contribution in [3.63, 3.8) is 0 Å². The first-order chi connectivity index (χ1) is 9.52. The van der Waals surface area contributed by atoms with Gasteiger partial charge in [-0.1, -0.05) is 6.92 Å². The number of benzene rings is 1. The highest BCUT2D eigenvalue weighted by atomic mass is 16.1. The molecule has 0 spiro atoms. The molecule has 1 saturated heterocycles. The van der Waals surface area contributed by atoms with E-state index in [-0.39, 0.29) is 5.91 Å². The Balaban J connectivity index is 1.78. The number of carbonyl (C=O) groups is 1. The second-order valence-corrected chi connectivity index (χ2v) is 6.10. The molecular weight excluding hydrogens is 252 g/mol. The summed E-state index contributed by atoms with van der Waals surface area (Å²) in [7, 11) is 2.16. The quantitative estimate of drug-likeness (QED) is 0.715. The lowest BCUT2D eigenvalue weighted by atomic mass is 9.93. The Morgan fingerprint density at radius 3 is 3.00 bits per heavy atom. The molecule has 0 bridgehead atoms. The SMILES string of the molecule is CC1CN(C)CCC1Nc1cc2c(cc1N)CC(=O)N2. The maximum atomic E-state index is 11.4. The lowest BCUT2D eigenvalue weighted by Gasteiger charge is -2.36. The lowest BCUT2D eigenvalue weighted by Crippen LogP contribution is -2.43. The van der Waals surface area contributed by atoms with Crippen LogP contribution in [0.1, 0.15) is 18.9 Å². The molecule has 2 unspecified atom stereocenters. The van der Waals surface area contributed by atoms with E-state index in [1.165, 1.54) is 0 Å². The van der Waals surface area contributed by atoms with Gasteiger partial charge in [0.1, 0.15) is 0 Å². The van der Waals surface area contributed by atoms with Gasteiger partial charge in [0.2, 0.25) is 5.91 Å². The van der Waals surface area contributed by atoms with Crippen LogP contribution in [0, 0.1) is 5.92 Å². The van der Waals surface area contributed by atoms with E-state index in [9.17, 15) is 4.79 Å². The Morgan fingerprint density at radius 2 is 2.25 bits per heavy atom. The first-order valence-electron chi connectivity index (χ1n) is 7.20. The van der Waals surface area contributed by atoms with Crippen LogP contribution in [0.25, 0.3) is 0 Å². The number of anilines is 3. The van der Waals surface area contributed by atoms with Crippen molar-refractivity contribution in [2.75, 3.05) is 36.5 Å². The predicted octanol–water partition coefficient (Wildman–Crippen LogP) is 1.52. The number of hydrogen-bond donors (Lipinski definition) is 3. The Kier molecular flexibility index (Phi) is 3.30. The summed E-state index contributed by atoms with van der Waals surface area (Å²) in [6.45, 7) is 4.46. The zero-order valence-corrected chi connectivity index (χ0v) is 12.1. The molecule has 0 saturated carbocycles. The van der Waals surface area contributed by atoms with Crippen LogP contribution in [0.2, 0.25) is 0 Å². The number of fused-ring (bicyclic) bond motifs is 1. The minimum Gasteiger partial charge on any atom is -0.397 e. The number of rotatable bonds is 2. The Labute approximate surface area is 119 Å². The van der Waals surface area contributed by atoms with E-state index in [1.807, 2.05) is 12.1 Å². The van der Waals surface area contributed by atoms with Crippen LogP contribution < -0.4 is 16.4 Å². The van der Waals surface area contributed by atoms with E-state index >= 15 is 0 Å². The summed E-state index contributed by atoms with van der Waals surface area (Å²) in [4.78, 5) is 13.8. The highest BCUT2D eigenvalue weighted by molar-refractivity contribution is 6.00. The lowest BCUT2D eigenvalue weighted by molar-refractivity contribution is -0.115. The van der Waals surface area contributed by atoms with E-state index in [0.29, 0.717) is 18.4 Å². The van der Waals surface area contributed by atoms with Crippen LogP contribution >= 0.6 is 0 Å². The predicted molar refractivity (Wildman–Crippen MR) is 81.9 cm³/mol. The number of piperidine rings is 1. The zero-order chi connectivity index (χ0) is 14.3. The zero-order valence-electron chi connectivity index (χ0n) is 12.1. The average molecular weight is 274 g/mol. The number of nitrogen functional groups attached to an aromatic ring is 1. The monoisotopic (exact) mass is 274 g/mol. The second-order valence-electron chi connectivity index (χ2n) is 6.10. The van der Waals surface area contributed by atoms with E-state index in [2.05, 4.69) is 29.5 Å². The van der Waals surface area contributed by atoms with E-state index < -0.39 is 0 Å². The Bertz CT molecular complexity index is 543. The van der Waals surface area contributed by atoms with Crippen molar-refractivity contribution >= 4 is 23.0 Å². The van der Waals surface area contributed by atoms with Crippen LogP contribution in [0.3, 0.4) is 0 Å². The van der Waals surface area contributed by atoms with Gasteiger partial charge in [0.25, 0.3) is 0 Å². The van der Waals surface area contributed by atoms with Crippen molar-refractivity contribution in [1.82, 2.24) is 4.90 Å². The van der Waals surface area contributed by atoms with Gasteiger partial charge in [-0.25, -0.2) is 0 Å². The van der Waals surface area contributed by atoms with Crippen LogP contribution in [0.15, 0.2) is 12.1 Å². The van der Waals surface area contributed by atoms with Crippen molar-refractivity contribution < 1.29 is 4.79 Å². The summed E-state index contributed by atoms with van der Waals surface area (Å²) in [5.41, 5.74) is 9.67. The summed E-state index contributed by atoms with van der Waals surface area (Å²) in [6.07, 6.45) is 1.55. The number of hydrogen-bond acceptors (Lipinski definition) is 4. The van der Waals surface area contributed by atoms with Crippen molar-refractivity contribution in [2.45, 2.75) is 25.8 Å².